The third kappa shape index (κ3) is 2.16. The van der Waals surface area contributed by atoms with Gasteiger partial charge >= 0.3 is 5.69 Å². The van der Waals surface area contributed by atoms with E-state index in [0.29, 0.717) is 5.92 Å². The fraction of sp³-hybridized carbons (Fsp3) is 0.333. The van der Waals surface area contributed by atoms with E-state index >= 15 is 0 Å². The zero-order valence-electron chi connectivity index (χ0n) is 9.25. The minimum atomic E-state index is -0.282. The van der Waals surface area contributed by atoms with Crippen LogP contribution in [0, 0.1) is 5.92 Å². The molecular weight excluding hydrogens is 268 g/mol. The number of rotatable bonds is 2. The largest absolute Gasteiger partial charge is 0.345 e. The second-order valence-corrected chi connectivity index (χ2v) is 5.11. The Bertz CT molecular complexity index is 575. The molecule has 0 saturated heterocycles. The molecule has 1 heterocycles. The van der Waals surface area contributed by atoms with Gasteiger partial charge in [0.05, 0.1) is 5.52 Å². The van der Waals surface area contributed by atoms with Crippen LogP contribution in [0.5, 0.6) is 0 Å². The lowest BCUT2D eigenvalue weighted by atomic mass is 10.0. The molecule has 16 heavy (non-hydrogen) atoms. The van der Waals surface area contributed by atoms with Crippen LogP contribution in [0.3, 0.4) is 0 Å². The smallest absolute Gasteiger partial charge is 0.309 e. The summed E-state index contributed by atoms with van der Waals surface area (Å²) in [5.41, 5.74) is 1.42. The number of benzene rings is 1. The Morgan fingerprint density at radius 3 is 2.88 bits per heavy atom. The highest BCUT2D eigenvalue weighted by molar-refractivity contribution is 9.10. The van der Waals surface area contributed by atoms with Crippen molar-refractivity contribution in [2.45, 2.75) is 20.3 Å². The zero-order valence-corrected chi connectivity index (χ0v) is 10.8. The fourth-order valence-corrected chi connectivity index (χ4v) is 2.22. The summed E-state index contributed by atoms with van der Waals surface area (Å²) in [5, 5.41) is 1.02. The van der Waals surface area contributed by atoms with Crippen molar-refractivity contribution in [1.29, 1.82) is 0 Å². The third-order valence-corrected chi connectivity index (χ3v) is 3.04. The van der Waals surface area contributed by atoms with Gasteiger partial charge in [0, 0.05) is 15.6 Å². The number of hydrogen-bond acceptors (Lipinski definition) is 2. The minimum Gasteiger partial charge on any atom is -0.309 e. The van der Waals surface area contributed by atoms with Gasteiger partial charge < -0.3 is 4.98 Å². The molecule has 2 rings (SSSR count). The number of para-hydroxylation sites is 1. The summed E-state index contributed by atoms with van der Waals surface area (Å²) in [6.07, 6.45) is 0.852. The van der Waals surface area contributed by atoms with Crippen molar-refractivity contribution in [3.63, 3.8) is 0 Å². The first-order chi connectivity index (χ1) is 7.58. The Hall–Kier alpha value is -1.16. The van der Waals surface area contributed by atoms with E-state index in [-0.39, 0.29) is 5.69 Å². The minimum absolute atomic E-state index is 0.282. The molecule has 0 spiro atoms. The molecule has 0 unspecified atom stereocenters. The van der Waals surface area contributed by atoms with Gasteiger partial charge in [0.25, 0.3) is 0 Å². The van der Waals surface area contributed by atoms with Gasteiger partial charge in [-0.3, -0.25) is 0 Å². The van der Waals surface area contributed by atoms with E-state index in [0.717, 1.165) is 27.5 Å². The van der Waals surface area contributed by atoms with Gasteiger partial charge in [-0.15, -0.1) is 0 Å². The fourth-order valence-electron chi connectivity index (χ4n) is 1.77. The monoisotopic (exact) mass is 280 g/mol. The molecule has 4 heteroatoms. The number of nitrogens with zero attached hydrogens (tertiary/aromatic N) is 1. The number of fused-ring (bicyclic) bond motifs is 1. The normalized spacial score (nSPS) is 11.2. The van der Waals surface area contributed by atoms with Crippen LogP contribution < -0.4 is 5.69 Å². The molecule has 1 N–H and O–H groups in total. The topological polar surface area (TPSA) is 45.8 Å². The average Bonchev–Trinajstić information content (AvgIpc) is 2.18. The van der Waals surface area contributed by atoms with Crippen LogP contribution in [-0.2, 0) is 6.42 Å². The van der Waals surface area contributed by atoms with Crippen LogP contribution >= 0.6 is 15.9 Å². The molecule has 0 aliphatic rings. The molecule has 0 aliphatic carbocycles. The van der Waals surface area contributed by atoms with Crippen LogP contribution in [0.4, 0.5) is 0 Å². The lowest BCUT2D eigenvalue weighted by molar-refractivity contribution is 0.636. The molecule has 3 nitrogen and oxygen atoms in total. The number of nitrogens with one attached hydrogen (secondary N) is 1. The van der Waals surface area contributed by atoms with Gasteiger partial charge in [-0.2, -0.15) is 4.98 Å². The number of aromatic nitrogens is 2. The lowest BCUT2D eigenvalue weighted by Gasteiger charge is -2.08. The molecule has 1 aromatic carbocycles. The van der Waals surface area contributed by atoms with Crippen LogP contribution in [0.25, 0.3) is 10.9 Å². The Labute approximate surface area is 102 Å². The van der Waals surface area contributed by atoms with Crippen LogP contribution in [0.15, 0.2) is 27.5 Å². The average molecular weight is 281 g/mol. The third-order valence-electron chi connectivity index (χ3n) is 2.40. The van der Waals surface area contributed by atoms with Crippen molar-refractivity contribution in [3.05, 3.63) is 38.9 Å². The first kappa shape index (κ1) is 11.3. The zero-order chi connectivity index (χ0) is 11.7. The summed E-state index contributed by atoms with van der Waals surface area (Å²) < 4.78 is 0.862. The highest BCUT2D eigenvalue weighted by Gasteiger charge is 2.08. The molecule has 0 aliphatic heterocycles. The predicted octanol–water partition coefficient (Wildman–Crippen LogP) is 2.88. The molecule has 2 aromatic rings. The van der Waals surface area contributed by atoms with E-state index in [1.807, 2.05) is 18.2 Å². The molecule has 1 aromatic heterocycles. The van der Waals surface area contributed by atoms with E-state index in [1.54, 1.807) is 0 Å². The number of aromatic amines is 1. The number of halogens is 1. The van der Waals surface area contributed by atoms with Crippen LogP contribution in [-0.4, -0.2) is 9.97 Å². The molecular formula is C12H13BrN2O. The molecule has 84 valence electrons. The second kappa shape index (κ2) is 4.37. The number of hydrogen-bond donors (Lipinski definition) is 1. The first-order valence-electron chi connectivity index (χ1n) is 5.25. The van der Waals surface area contributed by atoms with Crippen molar-refractivity contribution in [1.82, 2.24) is 9.97 Å². The standard InChI is InChI=1S/C12H13BrN2O/c1-7(2)6-10-8-4-3-5-9(13)11(8)15-12(16)14-10/h3-5,7H,6H2,1-2H3,(H,14,15,16). The van der Waals surface area contributed by atoms with E-state index in [2.05, 4.69) is 39.7 Å². The lowest BCUT2D eigenvalue weighted by Crippen LogP contribution is -2.14. The van der Waals surface area contributed by atoms with E-state index < -0.39 is 0 Å². The van der Waals surface area contributed by atoms with Gasteiger partial charge in [-0.25, -0.2) is 4.79 Å². The van der Waals surface area contributed by atoms with Gasteiger partial charge in [-0.1, -0.05) is 26.0 Å². The summed E-state index contributed by atoms with van der Waals surface area (Å²) >= 11 is 3.42. The highest BCUT2D eigenvalue weighted by Crippen LogP contribution is 2.23. The maximum atomic E-state index is 11.5. The quantitative estimate of drug-likeness (QED) is 0.920. The Balaban J connectivity index is 2.73. The summed E-state index contributed by atoms with van der Waals surface area (Å²) in [4.78, 5) is 18.3. The Kier molecular flexibility index (Phi) is 3.10. The van der Waals surface area contributed by atoms with E-state index in [1.165, 1.54) is 0 Å². The Morgan fingerprint density at radius 1 is 1.44 bits per heavy atom. The maximum absolute atomic E-state index is 11.5. The number of H-pyrrole nitrogens is 1. The van der Waals surface area contributed by atoms with Crippen molar-refractivity contribution < 1.29 is 0 Å². The van der Waals surface area contributed by atoms with Crippen molar-refractivity contribution >= 4 is 26.8 Å². The maximum Gasteiger partial charge on any atom is 0.345 e. The summed E-state index contributed by atoms with van der Waals surface area (Å²) in [6.45, 7) is 4.26. The molecule has 0 bridgehead atoms. The molecule has 0 atom stereocenters. The van der Waals surface area contributed by atoms with Gasteiger partial charge in [0.1, 0.15) is 0 Å². The molecule has 0 saturated carbocycles. The van der Waals surface area contributed by atoms with E-state index in [4.69, 9.17) is 0 Å². The van der Waals surface area contributed by atoms with Crippen molar-refractivity contribution in [2.24, 2.45) is 5.92 Å². The van der Waals surface area contributed by atoms with Gasteiger partial charge in [0.2, 0.25) is 0 Å². The second-order valence-electron chi connectivity index (χ2n) is 4.25. The van der Waals surface area contributed by atoms with Gasteiger partial charge in [-0.05, 0) is 34.3 Å². The van der Waals surface area contributed by atoms with E-state index in [9.17, 15) is 4.79 Å². The van der Waals surface area contributed by atoms with Crippen LogP contribution in [0.2, 0.25) is 0 Å². The molecule has 0 radical (unpaired) electrons. The summed E-state index contributed by atoms with van der Waals surface area (Å²) in [5.74, 6) is 0.500. The SMILES string of the molecule is CC(C)Cc1[nH]c(=O)nc2c(Br)cccc12. The predicted molar refractivity (Wildman–Crippen MR) is 68.6 cm³/mol. The summed E-state index contributed by atoms with van der Waals surface area (Å²) in [6, 6.07) is 5.84. The van der Waals surface area contributed by atoms with Crippen molar-refractivity contribution in [2.75, 3.05) is 0 Å². The molecule has 0 amide bonds. The van der Waals surface area contributed by atoms with Crippen LogP contribution in [0.1, 0.15) is 19.5 Å². The molecule has 0 fully saturated rings. The summed E-state index contributed by atoms with van der Waals surface area (Å²) in [7, 11) is 0. The first-order valence-corrected chi connectivity index (χ1v) is 6.04. The van der Waals surface area contributed by atoms with Gasteiger partial charge in [0.15, 0.2) is 0 Å². The Morgan fingerprint density at radius 2 is 2.19 bits per heavy atom. The highest BCUT2D eigenvalue weighted by atomic mass is 79.9. The van der Waals surface area contributed by atoms with Crippen molar-refractivity contribution in [3.8, 4) is 0 Å².